The molecule has 1 fully saturated rings. The van der Waals surface area contributed by atoms with Crippen LogP contribution >= 0.6 is 0 Å². The van der Waals surface area contributed by atoms with E-state index in [0.29, 0.717) is 13.1 Å². The Morgan fingerprint density at radius 3 is 2.65 bits per heavy atom. The molecule has 1 atom stereocenters. The first-order valence-corrected chi connectivity index (χ1v) is 9.93. The first kappa shape index (κ1) is 22.6. The molecular formula is C21H25F3N4O3. The van der Waals surface area contributed by atoms with Gasteiger partial charge in [0.1, 0.15) is 5.60 Å². The van der Waals surface area contributed by atoms with Gasteiger partial charge >= 0.3 is 12.3 Å². The third-order valence-corrected chi connectivity index (χ3v) is 4.79. The maximum atomic E-state index is 12.9. The van der Waals surface area contributed by atoms with Crippen LogP contribution in [-0.4, -0.2) is 45.1 Å². The fourth-order valence-electron chi connectivity index (χ4n) is 3.39. The number of alkyl halides is 3. The fourth-order valence-corrected chi connectivity index (χ4v) is 3.39. The molecule has 0 bridgehead atoms. The molecule has 10 heteroatoms. The lowest BCUT2D eigenvalue weighted by Gasteiger charge is -2.35. The summed E-state index contributed by atoms with van der Waals surface area (Å²) >= 11 is 0. The van der Waals surface area contributed by atoms with Gasteiger partial charge in [0.15, 0.2) is 0 Å². The van der Waals surface area contributed by atoms with Gasteiger partial charge in [-0.05, 0) is 51.8 Å². The number of ether oxygens (including phenoxy) is 1. The molecule has 3 rings (SSSR count). The van der Waals surface area contributed by atoms with Gasteiger partial charge in [-0.3, -0.25) is 10.1 Å². The number of anilines is 1. The van der Waals surface area contributed by atoms with E-state index in [4.69, 9.17) is 4.74 Å². The van der Waals surface area contributed by atoms with Crippen molar-refractivity contribution in [2.45, 2.75) is 51.4 Å². The van der Waals surface area contributed by atoms with Crippen LogP contribution in [-0.2, 0) is 10.9 Å². The molecule has 0 radical (unpaired) electrons. The van der Waals surface area contributed by atoms with E-state index in [1.807, 2.05) is 0 Å². The van der Waals surface area contributed by atoms with E-state index in [9.17, 15) is 22.8 Å². The quantitative estimate of drug-likeness (QED) is 0.752. The van der Waals surface area contributed by atoms with Crippen LogP contribution in [0.2, 0.25) is 0 Å². The zero-order chi connectivity index (χ0) is 22.8. The van der Waals surface area contributed by atoms with E-state index in [2.05, 4.69) is 10.3 Å². The van der Waals surface area contributed by atoms with Crippen molar-refractivity contribution in [2.75, 3.05) is 18.4 Å². The van der Waals surface area contributed by atoms with Crippen molar-refractivity contribution in [1.29, 1.82) is 0 Å². The highest BCUT2D eigenvalue weighted by molar-refractivity contribution is 6.03. The van der Waals surface area contributed by atoms with E-state index in [0.717, 1.165) is 25.0 Å². The van der Waals surface area contributed by atoms with Crippen LogP contribution in [0.4, 0.5) is 23.9 Å². The van der Waals surface area contributed by atoms with Crippen LogP contribution in [0.15, 0.2) is 36.7 Å². The second kappa shape index (κ2) is 8.60. The van der Waals surface area contributed by atoms with Gasteiger partial charge in [0, 0.05) is 31.0 Å². The minimum atomic E-state index is -4.54. The Balaban J connectivity index is 1.72. The monoisotopic (exact) mass is 438 g/mol. The highest BCUT2D eigenvalue weighted by Crippen LogP contribution is 2.30. The molecule has 1 aromatic heterocycles. The van der Waals surface area contributed by atoms with Crippen molar-refractivity contribution < 1.29 is 27.5 Å². The summed E-state index contributed by atoms with van der Waals surface area (Å²) in [6.45, 7) is 6.32. The Morgan fingerprint density at radius 1 is 1.23 bits per heavy atom. The number of piperidine rings is 1. The van der Waals surface area contributed by atoms with Gasteiger partial charge in [0.25, 0.3) is 5.91 Å². The van der Waals surface area contributed by atoms with E-state index in [-0.39, 0.29) is 17.6 Å². The van der Waals surface area contributed by atoms with Gasteiger partial charge < -0.3 is 14.2 Å². The van der Waals surface area contributed by atoms with E-state index in [1.165, 1.54) is 18.3 Å². The summed E-state index contributed by atoms with van der Waals surface area (Å²) < 4.78 is 45.9. The number of imidazole rings is 1. The number of hydrogen-bond acceptors (Lipinski definition) is 4. The predicted molar refractivity (Wildman–Crippen MR) is 108 cm³/mol. The van der Waals surface area contributed by atoms with Crippen LogP contribution in [0.1, 0.15) is 55.6 Å². The molecule has 1 aliphatic rings. The largest absolute Gasteiger partial charge is 0.444 e. The summed E-state index contributed by atoms with van der Waals surface area (Å²) in [6, 6.07) is 4.05. The highest BCUT2D eigenvalue weighted by atomic mass is 19.4. The zero-order valence-corrected chi connectivity index (χ0v) is 17.6. The molecule has 2 amide bonds. The van der Waals surface area contributed by atoms with E-state index >= 15 is 0 Å². The van der Waals surface area contributed by atoms with Crippen LogP contribution in [0.3, 0.4) is 0 Å². The Bertz CT molecular complexity index is 950. The number of aromatic nitrogens is 2. The SMILES string of the molecule is CC(C)(C)OC(=O)N1CCCC(n2ccnc2NC(=O)c2cccc(C(F)(F)F)c2)C1. The van der Waals surface area contributed by atoms with Crippen molar-refractivity contribution in [3.05, 3.63) is 47.8 Å². The maximum Gasteiger partial charge on any atom is 0.416 e. The molecule has 0 spiro atoms. The van der Waals surface area contributed by atoms with Crippen molar-refractivity contribution in [3.63, 3.8) is 0 Å². The molecular weight excluding hydrogens is 413 g/mol. The zero-order valence-electron chi connectivity index (χ0n) is 17.6. The summed E-state index contributed by atoms with van der Waals surface area (Å²) in [5.74, 6) is -0.489. The number of likely N-dealkylation sites (tertiary alicyclic amines) is 1. The normalized spacial score (nSPS) is 17.4. The smallest absolute Gasteiger partial charge is 0.416 e. The van der Waals surface area contributed by atoms with Gasteiger partial charge in [-0.2, -0.15) is 13.2 Å². The number of benzene rings is 1. The first-order chi connectivity index (χ1) is 14.4. The second-order valence-electron chi connectivity index (χ2n) is 8.41. The molecule has 0 saturated carbocycles. The van der Waals surface area contributed by atoms with Crippen molar-refractivity contribution >= 4 is 17.9 Å². The summed E-state index contributed by atoms with van der Waals surface area (Å²) in [4.78, 5) is 30.7. The topological polar surface area (TPSA) is 76.5 Å². The van der Waals surface area contributed by atoms with Gasteiger partial charge in [-0.1, -0.05) is 6.07 Å². The molecule has 7 nitrogen and oxygen atoms in total. The molecule has 0 aliphatic carbocycles. The fraction of sp³-hybridized carbons (Fsp3) is 0.476. The molecule has 1 N–H and O–H groups in total. The van der Waals surface area contributed by atoms with Crippen molar-refractivity contribution in [1.82, 2.24) is 14.5 Å². The molecule has 2 aromatic rings. The standard InChI is InChI=1S/C21H25F3N4O3/c1-20(2,3)31-19(30)27-10-5-8-16(13-27)28-11-9-25-18(28)26-17(29)14-6-4-7-15(12-14)21(22,23)24/h4,6-7,9,11-12,16H,5,8,10,13H2,1-3H3,(H,25,26,29). The Hall–Kier alpha value is -3.04. The number of nitrogens with one attached hydrogen (secondary N) is 1. The van der Waals surface area contributed by atoms with Crippen molar-refractivity contribution in [2.24, 2.45) is 0 Å². The number of carbonyl (C=O) groups is 2. The first-order valence-electron chi connectivity index (χ1n) is 9.93. The molecule has 1 aliphatic heterocycles. The lowest BCUT2D eigenvalue weighted by molar-refractivity contribution is -0.137. The van der Waals surface area contributed by atoms with Crippen molar-refractivity contribution in [3.8, 4) is 0 Å². The van der Waals surface area contributed by atoms with Crippen LogP contribution in [0.5, 0.6) is 0 Å². The van der Waals surface area contributed by atoms with Crippen LogP contribution in [0.25, 0.3) is 0 Å². The minimum Gasteiger partial charge on any atom is -0.444 e. The lowest BCUT2D eigenvalue weighted by Crippen LogP contribution is -2.43. The highest BCUT2D eigenvalue weighted by Gasteiger charge is 2.32. The number of hydrogen-bond donors (Lipinski definition) is 1. The Labute approximate surface area is 178 Å². The average molecular weight is 438 g/mol. The summed E-state index contributed by atoms with van der Waals surface area (Å²) in [7, 11) is 0. The summed E-state index contributed by atoms with van der Waals surface area (Å²) in [5, 5.41) is 2.58. The van der Waals surface area contributed by atoms with Crippen LogP contribution in [0, 0.1) is 0 Å². The van der Waals surface area contributed by atoms with Crippen LogP contribution < -0.4 is 5.32 Å². The lowest BCUT2D eigenvalue weighted by atomic mass is 10.1. The van der Waals surface area contributed by atoms with Gasteiger partial charge in [-0.25, -0.2) is 9.78 Å². The average Bonchev–Trinajstić information content (AvgIpc) is 3.14. The molecule has 1 unspecified atom stereocenters. The van der Waals surface area contributed by atoms with Gasteiger partial charge in [0.05, 0.1) is 11.6 Å². The predicted octanol–water partition coefficient (Wildman–Crippen LogP) is 4.73. The third-order valence-electron chi connectivity index (χ3n) is 4.79. The Kier molecular flexibility index (Phi) is 6.28. The molecule has 168 valence electrons. The van der Waals surface area contributed by atoms with E-state index < -0.39 is 29.3 Å². The van der Waals surface area contributed by atoms with E-state index in [1.54, 1.807) is 36.4 Å². The molecule has 31 heavy (non-hydrogen) atoms. The number of rotatable bonds is 3. The summed E-state index contributed by atoms with van der Waals surface area (Å²) in [6.07, 6.45) is -0.293. The minimum absolute atomic E-state index is 0.122. The second-order valence-corrected chi connectivity index (χ2v) is 8.41. The number of nitrogens with zero attached hydrogens (tertiary/aromatic N) is 3. The number of amides is 2. The third kappa shape index (κ3) is 5.77. The molecule has 1 aromatic carbocycles. The van der Waals surface area contributed by atoms with Gasteiger partial charge in [-0.15, -0.1) is 0 Å². The summed E-state index contributed by atoms with van der Waals surface area (Å²) in [5.41, 5.74) is -1.63. The Morgan fingerprint density at radius 2 is 1.97 bits per heavy atom. The number of halogens is 3. The number of carbonyl (C=O) groups excluding carboxylic acids is 2. The molecule has 2 heterocycles. The maximum absolute atomic E-state index is 12.9. The molecule has 1 saturated heterocycles. The van der Waals surface area contributed by atoms with Gasteiger partial charge in [0.2, 0.25) is 5.95 Å².